The monoisotopic (exact) mass is 325 g/mol. The van der Waals surface area contributed by atoms with Gasteiger partial charge in [-0.15, -0.1) is 0 Å². The summed E-state index contributed by atoms with van der Waals surface area (Å²) in [6.07, 6.45) is 1.24. The molecule has 0 aromatic heterocycles. The summed E-state index contributed by atoms with van der Waals surface area (Å²) < 4.78 is 0. The summed E-state index contributed by atoms with van der Waals surface area (Å²) in [7, 11) is 1.86. The van der Waals surface area contributed by atoms with Gasteiger partial charge in [0.05, 0.1) is 0 Å². The highest BCUT2D eigenvalue weighted by Gasteiger charge is 2.11. The Labute approximate surface area is 142 Å². The number of amides is 2. The molecular formula is C19H23N3O2. The number of benzene rings is 2. The molecule has 0 heterocycles. The maximum Gasteiger partial charge on any atom is 0.255 e. The van der Waals surface area contributed by atoms with Crippen LogP contribution in [0.3, 0.4) is 0 Å². The molecule has 2 aromatic carbocycles. The highest BCUT2D eigenvalue weighted by molar-refractivity contribution is 6.05. The summed E-state index contributed by atoms with van der Waals surface area (Å²) >= 11 is 0. The van der Waals surface area contributed by atoms with E-state index in [1.807, 2.05) is 50.4 Å². The van der Waals surface area contributed by atoms with Crippen molar-refractivity contribution in [3.63, 3.8) is 0 Å². The number of rotatable bonds is 7. The Balaban J connectivity index is 2.05. The minimum absolute atomic E-state index is 0.0279. The van der Waals surface area contributed by atoms with E-state index in [-0.39, 0.29) is 11.8 Å². The summed E-state index contributed by atoms with van der Waals surface area (Å²) in [4.78, 5) is 24.2. The van der Waals surface area contributed by atoms with Crippen LogP contribution < -0.4 is 16.0 Å². The van der Waals surface area contributed by atoms with Crippen molar-refractivity contribution >= 4 is 23.2 Å². The van der Waals surface area contributed by atoms with Crippen LogP contribution in [0.15, 0.2) is 48.5 Å². The van der Waals surface area contributed by atoms with Crippen LogP contribution in [0.1, 0.15) is 28.8 Å². The first kappa shape index (κ1) is 17.7. The molecule has 24 heavy (non-hydrogen) atoms. The van der Waals surface area contributed by atoms with Gasteiger partial charge in [-0.1, -0.05) is 24.3 Å². The van der Waals surface area contributed by atoms with Gasteiger partial charge >= 0.3 is 0 Å². The maximum atomic E-state index is 12.3. The van der Waals surface area contributed by atoms with Crippen LogP contribution >= 0.6 is 0 Å². The van der Waals surface area contributed by atoms with E-state index in [2.05, 4.69) is 16.0 Å². The van der Waals surface area contributed by atoms with Crippen molar-refractivity contribution in [1.82, 2.24) is 5.32 Å². The fraction of sp³-hybridized carbons (Fsp3) is 0.263. The summed E-state index contributed by atoms with van der Waals surface area (Å²) in [5.41, 5.74) is 2.84. The molecule has 2 amide bonds. The molecule has 5 nitrogen and oxygen atoms in total. The fourth-order valence-corrected chi connectivity index (χ4v) is 2.33. The first-order valence-corrected chi connectivity index (χ1v) is 8.02. The van der Waals surface area contributed by atoms with Gasteiger partial charge in [-0.2, -0.15) is 0 Å². The number of hydrogen-bond donors (Lipinski definition) is 3. The van der Waals surface area contributed by atoms with Gasteiger partial charge in [-0.3, -0.25) is 9.59 Å². The minimum atomic E-state index is -0.170. The van der Waals surface area contributed by atoms with Crippen molar-refractivity contribution in [1.29, 1.82) is 0 Å². The zero-order valence-corrected chi connectivity index (χ0v) is 14.1. The zero-order chi connectivity index (χ0) is 17.4. The first-order chi connectivity index (χ1) is 11.6. The van der Waals surface area contributed by atoms with Gasteiger partial charge < -0.3 is 16.0 Å². The summed E-state index contributed by atoms with van der Waals surface area (Å²) in [6, 6.07) is 14.5. The van der Waals surface area contributed by atoms with E-state index in [9.17, 15) is 9.59 Å². The predicted octanol–water partition coefficient (Wildman–Crippen LogP) is 3.19. The van der Waals surface area contributed by atoms with Gasteiger partial charge in [0.1, 0.15) is 0 Å². The van der Waals surface area contributed by atoms with Gasteiger partial charge in [-0.05, 0) is 56.8 Å². The lowest BCUT2D eigenvalue weighted by Gasteiger charge is -2.13. The molecule has 0 radical (unpaired) electrons. The Bertz CT molecular complexity index is 699. The molecule has 5 heteroatoms. The molecule has 2 aromatic rings. The van der Waals surface area contributed by atoms with Crippen LogP contribution in [-0.2, 0) is 4.79 Å². The molecular weight excluding hydrogens is 302 g/mol. The first-order valence-electron chi connectivity index (χ1n) is 8.02. The van der Waals surface area contributed by atoms with Gasteiger partial charge in [0.15, 0.2) is 0 Å². The maximum absolute atomic E-state index is 12.3. The zero-order valence-electron chi connectivity index (χ0n) is 14.1. The van der Waals surface area contributed by atoms with Crippen molar-refractivity contribution in [3.8, 4) is 0 Å². The molecule has 0 aliphatic carbocycles. The quantitative estimate of drug-likeness (QED) is 0.685. The molecule has 0 saturated carbocycles. The third-order valence-corrected chi connectivity index (χ3v) is 3.72. The van der Waals surface area contributed by atoms with Crippen LogP contribution in [0.4, 0.5) is 11.4 Å². The number of carbonyl (C=O) groups excluding carboxylic acids is 2. The molecule has 0 fully saturated rings. The third kappa shape index (κ3) is 4.93. The lowest BCUT2D eigenvalue weighted by atomic mass is 10.1. The lowest BCUT2D eigenvalue weighted by molar-refractivity contribution is -0.116. The van der Waals surface area contributed by atoms with Crippen molar-refractivity contribution in [2.75, 3.05) is 24.2 Å². The van der Waals surface area contributed by atoms with Crippen LogP contribution in [0.25, 0.3) is 0 Å². The second-order valence-corrected chi connectivity index (χ2v) is 5.55. The molecule has 0 saturated heterocycles. The number of carbonyl (C=O) groups is 2. The van der Waals surface area contributed by atoms with Crippen molar-refractivity contribution in [2.45, 2.75) is 19.8 Å². The second-order valence-electron chi connectivity index (χ2n) is 5.55. The molecule has 126 valence electrons. The van der Waals surface area contributed by atoms with Crippen LogP contribution in [0.5, 0.6) is 0 Å². The van der Waals surface area contributed by atoms with Crippen LogP contribution in [0.2, 0.25) is 0 Å². The third-order valence-electron chi connectivity index (χ3n) is 3.72. The van der Waals surface area contributed by atoms with E-state index in [0.717, 1.165) is 24.2 Å². The van der Waals surface area contributed by atoms with E-state index in [1.165, 1.54) is 0 Å². The van der Waals surface area contributed by atoms with Gasteiger partial charge in [0.2, 0.25) is 5.91 Å². The summed E-state index contributed by atoms with van der Waals surface area (Å²) in [5.74, 6) is -0.198. The Hall–Kier alpha value is -2.66. The van der Waals surface area contributed by atoms with Crippen molar-refractivity contribution in [3.05, 3.63) is 59.7 Å². The van der Waals surface area contributed by atoms with Gasteiger partial charge in [-0.25, -0.2) is 0 Å². The number of nitrogens with one attached hydrogen (secondary N) is 3. The topological polar surface area (TPSA) is 70.2 Å². The summed E-state index contributed by atoms with van der Waals surface area (Å²) in [6.45, 7) is 2.68. The molecule has 0 spiro atoms. The molecule has 0 aliphatic rings. The number of anilines is 2. The van der Waals surface area contributed by atoms with Crippen molar-refractivity contribution in [2.24, 2.45) is 0 Å². The highest BCUT2D eigenvalue weighted by atomic mass is 16.2. The number of hydrogen-bond acceptors (Lipinski definition) is 3. The Kier molecular flexibility index (Phi) is 6.51. The van der Waals surface area contributed by atoms with Gasteiger partial charge in [0.25, 0.3) is 5.91 Å². The molecule has 0 atom stereocenters. The molecule has 0 bridgehead atoms. The van der Waals surface area contributed by atoms with E-state index < -0.39 is 0 Å². The molecule has 0 unspecified atom stereocenters. The lowest BCUT2D eigenvalue weighted by Crippen LogP contribution is -2.17. The average molecular weight is 325 g/mol. The van der Waals surface area contributed by atoms with E-state index in [4.69, 9.17) is 0 Å². The molecule has 3 N–H and O–H groups in total. The normalized spacial score (nSPS) is 10.2. The predicted molar refractivity (Wildman–Crippen MR) is 97.4 cm³/mol. The second kappa shape index (κ2) is 8.84. The smallest absolute Gasteiger partial charge is 0.255 e. The van der Waals surface area contributed by atoms with Gasteiger partial charge in [0, 0.05) is 23.4 Å². The Morgan fingerprint density at radius 2 is 1.58 bits per heavy atom. The van der Waals surface area contributed by atoms with Crippen molar-refractivity contribution < 1.29 is 9.59 Å². The Morgan fingerprint density at radius 1 is 0.917 bits per heavy atom. The van der Waals surface area contributed by atoms with E-state index in [0.29, 0.717) is 17.7 Å². The van der Waals surface area contributed by atoms with E-state index >= 15 is 0 Å². The molecule has 2 rings (SSSR count). The fourth-order valence-electron chi connectivity index (χ4n) is 2.33. The largest absolute Gasteiger partial charge is 0.326 e. The van der Waals surface area contributed by atoms with Crippen LogP contribution in [0, 0.1) is 6.92 Å². The molecule has 0 aliphatic heterocycles. The van der Waals surface area contributed by atoms with E-state index in [1.54, 1.807) is 12.1 Å². The standard InChI is InChI=1S/C19H23N3O2/c1-14-16(21-18(23)12-7-13-20-2)10-6-11-17(14)22-19(24)15-8-4-3-5-9-15/h3-6,8-11,20H,7,12-13H2,1-2H3,(H,21,23)(H,22,24). The highest BCUT2D eigenvalue weighted by Crippen LogP contribution is 2.24. The summed E-state index contributed by atoms with van der Waals surface area (Å²) in [5, 5.41) is 8.81. The SMILES string of the molecule is CNCCCC(=O)Nc1cccc(NC(=O)c2ccccc2)c1C. The minimum Gasteiger partial charge on any atom is -0.326 e. The average Bonchev–Trinajstić information content (AvgIpc) is 2.59. The Morgan fingerprint density at radius 3 is 2.25 bits per heavy atom. The van der Waals surface area contributed by atoms with Crippen LogP contribution in [-0.4, -0.2) is 25.4 Å².